The Hall–Kier alpha value is -2.38. The van der Waals surface area contributed by atoms with Crippen LogP contribution in [0.4, 0.5) is 5.69 Å². The summed E-state index contributed by atoms with van der Waals surface area (Å²) in [5.74, 6) is 1.54. The van der Waals surface area contributed by atoms with E-state index in [1.54, 1.807) is 24.3 Å². The summed E-state index contributed by atoms with van der Waals surface area (Å²) in [6, 6.07) is 6.78. The Bertz CT molecular complexity index is 967. The second-order valence-corrected chi connectivity index (χ2v) is 7.11. The highest BCUT2D eigenvalue weighted by Crippen LogP contribution is 2.18. The minimum absolute atomic E-state index is 0.0832. The summed E-state index contributed by atoms with van der Waals surface area (Å²) >= 11 is 12.1. The third-order valence-corrected chi connectivity index (χ3v) is 4.49. The quantitative estimate of drug-likeness (QED) is 0.593. The molecule has 0 aliphatic heterocycles. The molecule has 142 valence electrons. The van der Waals surface area contributed by atoms with E-state index in [0.29, 0.717) is 41.1 Å². The molecule has 1 aromatic carbocycles. The smallest absolute Gasteiger partial charge is 0.292 e. The van der Waals surface area contributed by atoms with Gasteiger partial charge in [-0.15, -0.1) is 0 Å². The molecule has 0 unspecified atom stereocenters. The summed E-state index contributed by atoms with van der Waals surface area (Å²) in [5, 5.41) is 11.9. The summed E-state index contributed by atoms with van der Waals surface area (Å²) in [6.45, 7) is 4.61. The van der Waals surface area contributed by atoms with Crippen LogP contribution < -0.4 is 10.9 Å². The highest BCUT2D eigenvalue weighted by molar-refractivity contribution is 6.33. The van der Waals surface area contributed by atoms with Crippen LogP contribution in [0.5, 0.6) is 0 Å². The molecule has 0 bridgehead atoms. The van der Waals surface area contributed by atoms with Gasteiger partial charge in [-0.05, 0) is 30.7 Å². The van der Waals surface area contributed by atoms with Crippen molar-refractivity contribution in [2.45, 2.75) is 32.6 Å². The lowest BCUT2D eigenvalue weighted by Crippen LogP contribution is -2.22. The molecule has 2 heterocycles. The Labute approximate surface area is 166 Å². The van der Waals surface area contributed by atoms with Gasteiger partial charge in [-0.25, -0.2) is 0 Å². The maximum Gasteiger partial charge on any atom is 0.292 e. The van der Waals surface area contributed by atoms with E-state index in [9.17, 15) is 4.79 Å². The predicted molar refractivity (Wildman–Crippen MR) is 105 cm³/mol. The zero-order valence-electron chi connectivity index (χ0n) is 14.9. The molecule has 0 radical (unpaired) electrons. The fraction of sp³-hybridized carbons (Fsp3) is 0.333. The molecule has 0 aliphatic carbocycles. The molecule has 3 rings (SSSR count). The number of benzene rings is 1. The van der Waals surface area contributed by atoms with Gasteiger partial charge in [-0.1, -0.05) is 42.2 Å². The maximum absolute atomic E-state index is 12.5. The number of anilines is 1. The predicted octanol–water partition coefficient (Wildman–Crippen LogP) is 4.09. The Morgan fingerprint density at radius 1 is 1.22 bits per heavy atom. The molecule has 0 saturated heterocycles. The van der Waals surface area contributed by atoms with Gasteiger partial charge in [0.2, 0.25) is 5.89 Å². The number of rotatable bonds is 7. The number of aryl methyl sites for hydroxylation is 1. The van der Waals surface area contributed by atoms with Crippen molar-refractivity contribution in [3.63, 3.8) is 0 Å². The summed E-state index contributed by atoms with van der Waals surface area (Å²) in [7, 11) is 0. The van der Waals surface area contributed by atoms with Crippen LogP contribution in [0.3, 0.4) is 0 Å². The molecule has 3 aromatic rings. The lowest BCUT2D eigenvalue weighted by Gasteiger charge is -2.10. The highest BCUT2D eigenvalue weighted by atomic mass is 35.5. The van der Waals surface area contributed by atoms with E-state index >= 15 is 0 Å². The number of nitrogens with one attached hydrogen (secondary N) is 1. The molecular formula is C18H19Cl2N5O2. The standard InChI is InChI=1S/C18H19Cl2N5O2/c1-11(2)17-23-15(27-24-17)4-3-9-21-14-10-22-25(18(26)16(14)20)13-7-5-12(19)6-8-13/h5-8,10-11,21H,3-4,9H2,1-2H3. The molecule has 0 atom stereocenters. The monoisotopic (exact) mass is 407 g/mol. The second-order valence-electron chi connectivity index (χ2n) is 6.30. The van der Waals surface area contributed by atoms with Gasteiger partial charge in [-0.2, -0.15) is 14.8 Å². The van der Waals surface area contributed by atoms with Crippen molar-refractivity contribution >= 4 is 28.9 Å². The fourth-order valence-electron chi connectivity index (χ4n) is 2.39. The van der Waals surface area contributed by atoms with Crippen molar-refractivity contribution in [1.82, 2.24) is 19.9 Å². The van der Waals surface area contributed by atoms with Crippen molar-refractivity contribution in [3.8, 4) is 5.69 Å². The summed E-state index contributed by atoms with van der Waals surface area (Å²) < 4.78 is 6.44. The van der Waals surface area contributed by atoms with Crippen LogP contribution in [0, 0.1) is 0 Å². The fourth-order valence-corrected chi connectivity index (χ4v) is 2.71. The molecule has 7 nitrogen and oxygen atoms in total. The molecule has 0 amide bonds. The lowest BCUT2D eigenvalue weighted by molar-refractivity contribution is 0.369. The molecule has 9 heteroatoms. The van der Waals surface area contributed by atoms with Crippen LogP contribution in [-0.2, 0) is 6.42 Å². The van der Waals surface area contributed by atoms with Crippen LogP contribution in [0.1, 0.15) is 37.9 Å². The van der Waals surface area contributed by atoms with Crippen molar-refractivity contribution in [2.75, 3.05) is 11.9 Å². The zero-order valence-corrected chi connectivity index (χ0v) is 16.5. The van der Waals surface area contributed by atoms with Crippen molar-refractivity contribution < 1.29 is 4.52 Å². The van der Waals surface area contributed by atoms with Crippen LogP contribution >= 0.6 is 23.2 Å². The van der Waals surface area contributed by atoms with Crippen LogP contribution in [0.15, 0.2) is 39.8 Å². The van der Waals surface area contributed by atoms with Gasteiger partial charge in [0.1, 0.15) is 5.02 Å². The van der Waals surface area contributed by atoms with E-state index in [4.69, 9.17) is 27.7 Å². The average molecular weight is 408 g/mol. The normalized spacial score (nSPS) is 11.1. The van der Waals surface area contributed by atoms with E-state index in [0.717, 1.165) is 6.42 Å². The Balaban J connectivity index is 1.61. The summed E-state index contributed by atoms with van der Waals surface area (Å²) in [5.41, 5.74) is 0.679. The average Bonchev–Trinajstić information content (AvgIpc) is 3.12. The van der Waals surface area contributed by atoms with Gasteiger partial charge in [0.25, 0.3) is 5.56 Å². The molecule has 0 aliphatic rings. The minimum atomic E-state index is -0.400. The van der Waals surface area contributed by atoms with Crippen LogP contribution in [-0.4, -0.2) is 26.5 Å². The number of hydrogen-bond donors (Lipinski definition) is 1. The van der Waals surface area contributed by atoms with Crippen molar-refractivity contribution in [1.29, 1.82) is 0 Å². The topological polar surface area (TPSA) is 85.8 Å². The molecule has 0 spiro atoms. The number of hydrogen-bond acceptors (Lipinski definition) is 6. The van der Waals surface area contributed by atoms with Gasteiger partial charge >= 0.3 is 0 Å². The molecular weight excluding hydrogens is 389 g/mol. The zero-order chi connectivity index (χ0) is 19.4. The number of aromatic nitrogens is 4. The molecule has 1 N–H and O–H groups in total. The van der Waals surface area contributed by atoms with Gasteiger partial charge in [0.05, 0.1) is 17.6 Å². The van der Waals surface area contributed by atoms with Crippen LogP contribution in [0.25, 0.3) is 5.69 Å². The first kappa shape index (κ1) is 19.4. The van der Waals surface area contributed by atoms with E-state index in [1.165, 1.54) is 10.9 Å². The number of halogens is 2. The molecule has 2 aromatic heterocycles. The van der Waals surface area contributed by atoms with E-state index in [-0.39, 0.29) is 10.9 Å². The third-order valence-electron chi connectivity index (χ3n) is 3.87. The Kier molecular flexibility index (Phi) is 6.13. The van der Waals surface area contributed by atoms with Gasteiger partial charge in [-0.3, -0.25) is 4.79 Å². The SMILES string of the molecule is CC(C)c1noc(CCCNc2cnn(-c3ccc(Cl)cc3)c(=O)c2Cl)n1. The van der Waals surface area contributed by atoms with E-state index in [1.807, 2.05) is 13.8 Å². The van der Waals surface area contributed by atoms with Crippen LogP contribution in [0.2, 0.25) is 10.0 Å². The second kappa shape index (κ2) is 8.54. The highest BCUT2D eigenvalue weighted by Gasteiger charge is 2.12. The molecule has 27 heavy (non-hydrogen) atoms. The lowest BCUT2D eigenvalue weighted by atomic mass is 10.2. The minimum Gasteiger partial charge on any atom is -0.382 e. The first-order valence-electron chi connectivity index (χ1n) is 8.56. The van der Waals surface area contributed by atoms with E-state index in [2.05, 4.69) is 20.6 Å². The molecule has 0 fully saturated rings. The first-order chi connectivity index (χ1) is 13.0. The van der Waals surface area contributed by atoms with E-state index < -0.39 is 5.56 Å². The maximum atomic E-state index is 12.5. The number of nitrogens with zero attached hydrogens (tertiary/aromatic N) is 4. The summed E-state index contributed by atoms with van der Waals surface area (Å²) in [4.78, 5) is 16.8. The van der Waals surface area contributed by atoms with Gasteiger partial charge < -0.3 is 9.84 Å². The van der Waals surface area contributed by atoms with Crippen molar-refractivity contribution in [3.05, 3.63) is 62.6 Å². The molecule has 0 saturated carbocycles. The third kappa shape index (κ3) is 4.67. The largest absolute Gasteiger partial charge is 0.382 e. The van der Waals surface area contributed by atoms with Gasteiger partial charge in [0, 0.05) is 23.9 Å². The van der Waals surface area contributed by atoms with Crippen molar-refractivity contribution in [2.24, 2.45) is 0 Å². The first-order valence-corrected chi connectivity index (χ1v) is 9.31. The Morgan fingerprint density at radius 2 is 1.96 bits per heavy atom. The Morgan fingerprint density at radius 3 is 2.63 bits per heavy atom. The summed E-state index contributed by atoms with van der Waals surface area (Å²) in [6.07, 6.45) is 2.91. The van der Waals surface area contributed by atoms with Gasteiger partial charge in [0.15, 0.2) is 5.82 Å².